The van der Waals surface area contributed by atoms with Crippen molar-refractivity contribution in [3.8, 4) is 0 Å². The van der Waals surface area contributed by atoms with Crippen LogP contribution in [0.5, 0.6) is 0 Å². The number of benzene rings is 7. The summed E-state index contributed by atoms with van der Waals surface area (Å²) in [6.07, 6.45) is 0. The average molecular weight is 615 g/mol. The molecule has 7 aromatic rings. The van der Waals surface area contributed by atoms with E-state index in [1.54, 1.807) is 24.3 Å². The molecule has 0 aromatic heterocycles. The second-order valence-corrected chi connectivity index (χ2v) is 11.2. The van der Waals surface area contributed by atoms with Gasteiger partial charge in [-0.25, -0.2) is 27.4 Å². The molecule has 0 saturated heterocycles. The van der Waals surface area contributed by atoms with Crippen LogP contribution < -0.4 is 9.80 Å². The highest BCUT2D eigenvalue weighted by atomic mass is 19.1. The summed E-state index contributed by atoms with van der Waals surface area (Å²) >= 11 is 0. The fourth-order valence-corrected chi connectivity index (χ4v) is 7.03. The largest absolute Gasteiger partial charge is 0.268 e. The van der Waals surface area contributed by atoms with Crippen molar-refractivity contribution in [2.75, 3.05) is 9.80 Å². The molecule has 0 bridgehead atoms. The fraction of sp³-hybridized carbons (Fsp3) is 0. The number of hydrogen-bond donors (Lipinski definition) is 0. The molecule has 4 amide bonds. The molecule has 2 heterocycles. The van der Waals surface area contributed by atoms with Gasteiger partial charge in [-0.1, -0.05) is 24.3 Å². The third-order valence-corrected chi connectivity index (χ3v) is 8.94. The number of amides is 4. The Kier molecular flexibility index (Phi) is 4.98. The van der Waals surface area contributed by atoms with Crippen molar-refractivity contribution in [1.29, 1.82) is 0 Å². The lowest BCUT2D eigenvalue weighted by molar-refractivity contribution is 0.0876. The van der Waals surface area contributed by atoms with E-state index in [0.29, 0.717) is 65.0 Å². The predicted octanol–water partition coefficient (Wildman–Crippen LogP) is 7.89. The van der Waals surface area contributed by atoms with Gasteiger partial charge in [0.05, 0.1) is 11.4 Å². The van der Waals surface area contributed by atoms with Crippen LogP contribution in [-0.2, 0) is 0 Å². The van der Waals surface area contributed by atoms with Gasteiger partial charge in [0.25, 0.3) is 23.6 Å². The van der Waals surface area contributed by atoms with Crippen molar-refractivity contribution in [3.05, 3.63) is 130 Å². The van der Waals surface area contributed by atoms with Crippen LogP contribution in [0.25, 0.3) is 43.1 Å². The highest BCUT2D eigenvalue weighted by molar-refractivity contribution is 6.45. The zero-order valence-electron chi connectivity index (χ0n) is 23.1. The number of halogens is 4. The number of anilines is 2. The minimum absolute atomic E-state index is 0.148. The molecule has 0 spiro atoms. The fourth-order valence-electron chi connectivity index (χ4n) is 7.03. The lowest BCUT2D eigenvalue weighted by Crippen LogP contribution is -2.41. The Morgan fingerprint density at radius 1 is 0.370 bits per heavy atom. The van der Waals surface area contributed by atoms with Crippen molar-refractivity contribution in [1.82, 2.24) is 0 Å². The van der Waals surface area contributed by atoms with E-state index in [0.717, 1.165) is 24.3 Å². The molecule has 7 aromatic carbocycles. The number of imide groups is 2. The molecule has 2 aliphatic rings. The second kappa shape index (κ2) is 8.72. The van der Waals surface area contributed by atoms with Crippen LogP contribution in [0.15, 0.2) is 84.9 Å². The predicted molar refractivity (Wildman–Crippen MR) is 163 cm³/mol. The Hall–Kier alpha value is -6.16. The summed E-state index contributed by atoms with van der Waals surface area (Å²) in [7, 11) is 0. The average Bonchev–Trinajstić information content (AvgIpc) is 3.03. The number of carbonyl (C=O) groups excluding carboxylic acids is 4. The summed E-state index contributed by atoms with van der Waals surface area (Å²) in [5.41, 5.74) is -0.149. The molecule has 0 unspecified atom stereocenters. The molecule has 220 valence electrons. The first-order valence-corrected chi connectivity index (χ1v) is 14.0. The van der Waals surface area contributed by atoms with Gasteiger partial charge in [0.15, 0.2) is 0 Å². The number of carbonyl (C=O) groups is 4. The maximum absolute atomic E-state index is 14.8. The summed E-state index contributed by atoms with van der Waals surface area (Å²) in [5.74, 6) is -6.91. The zero-order valence-corrected chi connectivity index (χ0v) is 23.1. The lowest BCUT2D eigenvalue weighted by atomic mass is 9.82. The highest BCUT2D eigenvalue weighted by Gasteiger charge is 2.39. The SMILES string of the molecule is O=C1c2ccc3c4ccc5c6c(ccc(c7ccc(c2c37)C(=O)N1c1ccc(F)cc1F)c64)C(=O)N(c1ccc(F)cc1F)C5=O. The molecular weight excluding hydrogens is 600 g/mol. The van der Waals surface area contributed by atoms with Gasteiger partial charge in [-0.05, 0) is 80.8 Å². The number of rotatable bonds is 2. The molecule has 0 atom stereocenters. The van der Waals surface area contributed by atoms with Gasteiger partial charge in [-0.2, -0.15) is 0 Å². The standard InChI is InChI=1S/C36H14F4N2O4/c37-15-1-11-27(25(39)13-15)41-33(43)21-7-3-17-19-5-9-23-32-24(36(46)42(35(23)45)28-12-2-16(38)14-26(28)40)10-6-20(30(19)32)18-4-8-22(34(41)44)31(21)29(17)18/h1-14H. The van der Waals surface area contributed by atoms with E-state index in [-0.39, 0.29) is 33.6 Å². The number of fused-ring (bicyclic) bond motifs is 2. The van der Waals surface area contributed by atoms with Crippen molar-refractivity contribution in [2.24, 2.45) is 0 Å². The number of nitrogens with zero attached hydrogens (tertiary/aromatic N) is 2. The van der Waals surface area contributed by atoms with Gasteiger partial charge in [-0.15, -0.1) is 0 Å². The molecule has 0 N–H and O–H groups in total. The van der Waals surface area contributed by atoms with Gasteiger partial charge < -0.3 is 0 Å². The van der Waals surface area contributed by atoms with E-state index in [2.05, 4.69) is 0 Å². The molecule has 6 nitrogen and oxygen atoms in total. The van der Waals surface area contributed by atoms with Gasteiger partial charge in [-0.3, -0.25) is 19.2 Å². The third-order valence-electron chi connectivity index (χ3n) is 8.94. The zero-order chi connectivity index (χ0) is 31.8. The van der Waals surface area contributed by atoms with Crippen LogP contribution in [0.4, 0.5) is 28.9 Å². The molecule has 0 fully saturated rings. The highest BCUT2D eigenvalue weighted by Crippen LogP contribution is 2.47. The van der Waals surface area contributed by atoms with E-state index in [1.165, 1.54) is 24.3 Å². The first-order valence-electron chi connectivity index (χ1n) is 14.0. The smallest absolute Gasteiger partial charge is 0.266 e. The third kappa shape index (κ3) is 3.14. The Morgan fingerprint density at radius 2 is 0.674 bits per heavy atom. The van der Waals surface area contributed by atoms with Gasteiger partial charge in [0.2, 0.25) is 0 Å². The van der Waals surface area contributed by atoms with E-state index in [4.69, 9.17) is 0 Å². The summed E-state index contributed by atoms with van der Waals surface area (Å²) in [6, 6.07) is 18.1. The molecule has 10 heteroatoms. The van der Waals surface area contributed by atoms with E-state index in [9.17, 15) is 36.7 Å². The van der Waals surface area contributed by atoms with Crippen LogP contribution in [0.3, 0.4) is 0 Å². The topological polar surface area (TPSA) is 74.8 Å². The Labute approximate surface area is 255 Å². The van der Waals surface area contributed by atoms with Gasteiger partial charge in [0, 0.05) is 45.2 Å². The van der Waals surface area contributed by atoms with Gasteiger partial charge in [0.1, 0.15) is 23.3 Å². The van der Waals surface area contributed by atoms with E-state index < -0.39 is 46.9 Å². The minimum Gasteiger partial charge on any atom is -0.268 e. The second-order valence-electron chi connectivity index (χ2n) is 11.2. The van der Waals surface area contributed by atoms with Crippen LogP contribution >= 0.6 is 0 Å². The first kappa shape index (κ1) is 26.3. The summed E-state index contributed by atoms with van der Waals surface area (Å²) in [5, 5.41) is 4.48. The van der Waals surface area contributed by atoms with E-state index in [1.807, 2.05) is 0 Å². The Morgan fingerprint density at radius 3 is 0.957 bits per heavy atom. The molecule has 0 radical (unpaired) electrons. The molecule has 0 aliphatic carbocycles. The normalized spacial score (nSPS) is 14.6. The van der Waals surface area contributed by atoms with Crippen molar-refractivity contribution >= 4 is 78.1 Å². The van der Waals surface area contributed by atoms with Crippen LogP contribution in [-0.4, -0.2) is 23.6 Å². The van der Waals surface area contributed by atoms with Crippen molar-refractivity contribution in [3.63, 3.8) is 0 Å². The Bertz CT molecular complexity index is 2330. The summed E-state index contributed by atoms with van der Waals surface area (Å²) in [4.78, 5) is 56.3. The summed E-state index contributed by atoms with van der Waals surface area (Å²) < 4.78 is 56.8. The molecule has 2 aliphatic heterocycles. The molecule has 46 heavy (non-hydrogen) atoms. The maximum Gasteiger partial charge on any atom is 0.266 e. The lowest BCUT2D eigenvalue weighted by Gasteiger charge is -2.30. The van der Waals surface area contributed by atoms with Crippen molar-refractivity contribution < 1.29 is 36.7 Å². The summed E-state index contributed by atoms with van der Waals surface area (Å²) in [6.45, 7) is 0. The van der Waals surface area contributed by atoms with E-state index >= 15 is 0 Å². The maximum atomic E-state index is 14.8. The monoisotopic (exact) mass is 614 g/mol. The first-order chi connectivity index (χ1) is 22.2. The molecule has 9 rings (SSSR count). The van der Waals surface area contributed by atoms with Crippen LogP contribution in [0, 0.1) is 23.3 Å². The van der Waals surface area contributed by atoms with Crippen LogP contribution in [0.2, 0.25) is 0 Å². The van der Waals surface area contributed by atoms with Crippen molar-refractivity contribution in [2.45, 2.75) is 0 Å². The molecular formula is C36H14F4N2O4. The quantitative estimate of drug-likeness (QED) is 0.0859. The van der Waals surface area contributed by atoms with Gasteiger partial charge >= 0.3 is 0 Å². The van der Waals surface area contributed by atoms with Crippen LogP contribution in [0.1, 0.15) is 41.4 Å². The Balaban J connectivity index is 1.30. The molecule has 0 saturated carbocycles. The number of hydrogen-bond acceptors (Lipinski definition) is 4. The minimum atomic E-state index is -1.06.